The molecule has 0 bridgehead atoms. The molecular formula is C18H16N2O4. The minimum absolute atomic E-state index is 0.225. The van der Waals surface area contributed by atoms with E-state index in [9.17, 15) is 14.9 Å². The van der Waals surface area contributed by atoms with Gasteiger partial charge in [0.2, 0.25) is 5.91 Å². The first-order chi connectivity index (χ1) is 11.6. The number of carbonyl (C=O) groups is 2. The monoisotopic (exact) mass is 324 g/mol. The number of nitriles is 1. The average molecular weight is 324 g/mol. The Kier molecular flexibility index (Phi) is 4.34. The van der Waals surface area contributed by atoms with Crippen molar-refractivity contribution in [3.05, 3.63) is 47.9 Å². The fourth-order valence-corrected chi connectivity index (χ4v) is 2.47. The lowest BCUT2D eigenvalue weighted by Crippen LogP contribution is -2.29. The number of hydrogen-bond acceptors (Lipinski definition) is 5. The van der Waals surface area contributed by atoms with E-state index < -0.39 is 17.6 Å². The Hall–Kier alpha value is -3.07. The molecule has 2 aromatic rings. The molecule has 6 heteroatoms. The molecule has 0 saturated heterocycles. The Morgan fingerprint density at radius 2 is 2.00 bits per heavy atom. The summed E-state index contributed by atoms with van der Waals surface area (Å²) >= 11 is 0. The van der Waals surface area contributed by atoms with Crippen LogP contribution in [0.15, 0.2) is 41.0 Å². The van der Waals surface area contributed by atoms with Gasteiger partial charge >= 0.3 is 0 Å². The van der Waals surface area contributed by atoms with Crippen LogP contribution in [0.3, 0.4) is 0 Å². The van der Waals surface area contributed by atoms with E-state index in [1.807, 2.05) is 0 Å². The van der Waals surface area contributed by atoms with E-state index in [4.69, 9.17) is 9.15 Å². The first kappa shape index (κ1) is 15.8. The zero-order chi connectivity index (χ0) is 17.1. The van der Waals surface area contributed by atoms with Crippen molar-refractivity contribution < 1.29 is 18.7 Å². The van der Waals surface area contributed by atoms with Gasteiger partial charge in [0.25, 0.3) is 0 Å². The summed E-state index contributed by atoms with van der Waals surface area (Å²) < 4.78 is 10.4. The van der Waals surface area contributed by atoms with E-state index >= 15 is 0 Å². The summed E-state index contributed by atoms with van der Waals surface area (Å²) in [6.07, 6.45) is 3.35. The van der Waals surface area contributed by atoms with Crippen LogP contribution in [-0.4, -0.2) is 18.8 Å². The van der Waals surface area contributed by atoms with Crippen LogP contribution in [0.2, 0.25) is 0 Å². The van der Waals surface area contributed by atoms with Crippen molar-refractivity contribution in [1.82, 2.24) is 0 Å². The maximum absolute atomic E-state index is 12.6. The number of ketones is 1. The van der Waals surface area contributed by atoms with Crippen molar-refractivity contribution in [2.24, 2.45) is 5.92 Å². The molecule has 1 aliphatic carbocycles. The van der Waals surface area contributed by atoms with Gasteiger partial charge in [-0.3, -0.25) is 9.59 Å². The van der Waals surface area contributed by atoms with Gasteiger partial charge in [0.05, 0.1) is 25.0 Å². The van der Waals surface area contributed by atoms with Crippen LogP contribution in [0.1, 0.15) is 34.9 Å². The van der Waals surface area contributed by atoms with Crippen molar-refractivity contribution in [3.63, 3.8) is 0 Å². The minimum Gasteiger partial charge on any atom is -0.497 e. The second kappa shape index (κ2) is 6.59. The molecule has 1 unspecified atom stereocenters. The molecule has 1 aromatic carbocycles. The number of carbonyl (C=O) groups excluding carboxylic acids is 2. The highest BCUT2D eigenvalue weighted by Crippen LogP contribution is 2.42. The Morgan fingerprint density at radius 1 is 1.29 bits per heavy atom. The predicted molar refractivity (Wildman–Crippen MR) is 85.7 cm³/mol. The summed E-state index contributed by atoms with van der Waals surface area (Å²) in [5, 5.41) is 11.9. The molecule has 1 saturated carbocycles. The van der Waals surface area contributed by atoms with Gasteiger partial charge in [0.1, 0.15) is 11.5 Å². The maximum atomic E-state index is 12.6. The van der Waals surface area contributed by atoms with Crippen LogP contribution >= 0.6 is 0 Å². The van der Waals surface area contributed by atoms with Crippen LogP contribution in [0, 0.1) is 17.2 Å². The van der Waals surface area contributed by atoms with Crippen LogP contribution in [0.4, 0.5) is 5.69 Å². The summed E-state index contributed by atoms with van der Waals surface area (Å²) in [6, 6.07) is 9.97. The molecule has 1 aliphatic rings. The van der Waals surface area contributed by atoms with E-state index in [0.717, 1.165) is 12.8 Å². The van der Waals surface area contributed by atoms with Gasteiger partial charge in [0.15, 0.2) is 11.7 Å². The molecule has 0 radical (unpaired) electrons. The van der Waals surface area contributed by atoms with E-state index in [1.165, 1.54) is 12.3 Å². The van der Waals surface area contributed by atoms with Crippen molar-refractivity contribution in [2.75, 3.05) is 12.4 Å². The number of rotatable bonds is 6. The van der Waals surface area contributed by atoms with Gasteiger partial charge < -0.3 is 14.5 Å². The number of amides is 1. The van der Waals surface area contributed by atoms with Crippen molar-refractivity contribution in [2.45, 2.75) is 18.8 Å². The lowest BCUT2D eigenvalue weighted by atomic mass is 9.97. The van der Waals surface area contributed by atoms with Crippen LogP contribution in [-0.2, 0) is 4.79 Å². The Balaban J connectivity index is 1.74. The highest BCUT2D eigenvalue weighted by Gasteiger charge is 2.35. The van der Waals surface area contributed by atoms with Crippen molar-refractivity contribution in [1.29, 1.82) is 5.26 Å². The Morgan fingerprint density at radius 3 is 2.58 bits per heavy atom. The second-order valence-electron chi connectivity index (χ2n) is 5.62. The fourth-order valence-electron chi connectivity index (χ4n) is 2.47. The maximum Gasteiger partial charge on any atom is 0.249 e. The van der Waals surface area contributed by atoms with E-state index in [0.29, 0.717) is 22.8 Å². The number of nitrogens with one attached hydrogen (secondary N) is 1. The first-order valence-electron chi connectivity index (χ1n) is 7.60. The number of nitrogens with zero attached hydrogens (tertiary/aromatic N) is 1. The second-order valence-corrected chi connectivity index (χ2v) is 5.62. The SMILES string of the molecule is COc1ccc(NC(=O)C(C#N)C(=O)c2ccoc2C2CC2)cc1. The summed E-state index contributed by atoms with van der Waals surface area (Å²) in [5.41, 5.74) is 0.817. The van der Waals surface area contributed by atoms with Gasteiger partial charge in [-0.1, -0.05) is 0 Å². The van der Waals surface area contributed by atoms with Gasteiger partial charge in [-0.05, 0) is 43.2 Å². The lowest BCUT2D eigenvalue weighted by Gasteiger charge is -2.10. The molecule has 1 heterocycles. The third-order valence-corrected chi connectivity index (χ3v) is 3.92. The van der Waals surface area contributed by atoms with E-state index in [-0.39, 0.29) is 5.92 Å². The number of methoxy groups -OCH3 is 1. The molecular weight excluding hydrogens is 308 g/mol. The lowest BCUT2D eigenvalue weighted by molar-refractivity contribution is -0.117. The van der Waals surface area contributed by atoms with E-state index in [2.05, 4.69) is 5.32 Å². The predicted octanol–water partition coefficient (Wildman–Crippen LogP) is 3.13. The largest absolute Gasteiger partial charge is 0.497 e. The number of furan rings is 1. The first-order valence-corrected chi connectivity index (χ1v) is 7.60. The molecule has 3 rings (SSSR count). The average Bonchev–Trinajstić information content (AvgIpc) is 3.32. The standard InChI is InChI=1S/C18H16N2O4/c1-23-13-6-4-12(5-7-13)20-18(22)15(10-19)16(21)14-8-9-24-17(14)11-2-3-11/h4-9,11,15H,2-3H2,1H3,(H,20,22). The number of benzene rings is 1. The van der Waals surface area contributed by atoms with Gasteiger partial charge in [0, 0.05) is 11.6 Å². The normalized spacial score (nSPS) is 14.5. The quantitative estimate of drug-likeness (QED) is 0.651. The number of anilines is 1. The van der Waals surface area contributed by atoms with Gasteiger partial charge in [-0.2, -0.15) is 5.26 Å². The summed E-state index contributed by atoms with van der Waals surface area (Å²) in [6.45, 7) is 0. The molecule has 1 amide bonds. The summed E-state index contributed by atoms with van der Waals surface area (Å²) in [7, 11) is 1.54. The van der Waals surface area contributed by atoms with Gasteiger partial charge in [-0.25, -0.2) is 0 Å². The Labute approximate surface area is 139 Å². The molecule has 1 aromatic heterocycles. The third kappa shape index (κ3) is 3.15. The van der Waals surface area contributed by atoms with Crippen molar-refractivity contribution >= 4 is 17.4 Å². The fraction of sp³-hybridized carbons (Fsp3) is 0.278. The van der Waals surface area contributed by atoms with Crippen LogP contribution in [0.5, 0.6) is 5.75 Å². The Bertz CT molecular complexity index is 797. The molecule has 6 nitrogen and oxygen atoms in total. The summed E-state index contributed by atoms with van der Waals surface area (Å²) in [4.78, 5) is 24.9. The van der Waals surface area contributed by atoms with Crippen LogP contribution < -0.4 is 10.1 Å². The highest BCUT2D eigenvalue weighted by molar-refractivity contribution is 6.16. The zero-order valence-corrected chi connectivity index (χ0v) is 13.1. The molecule has 0 spiro atoms. The third-order valence-electron chi connectivity index (χ3n) is 3.92. The molecule has 0 aliphatic heterocycles. The highest BCUT2D eigenvalue weighted by atomic mass is 16.5. The smallest absolute Gasteiger partial charge is 0.249 e. The topological polar surface area (TPSA) is 92.3 Å². The molecule has 1 fully saturated rings. The van der Waals surface area contributed by atoms with Gasteiger partial charge in [-0.15, -0.1) is 0 Å². The van der Waals surface area contributed by atoms with E-state index in [1.54, 1.807) is 37.4 Å². The summed E-state index contributed by atoms with van der Waals surface area (Å²) in [5.74, 6) is -1.15. The molecule has 24 heavy (non-hydrogen) atoms. The minimum atomic E-state index is -1.41. The number of Topliss-reactive ketones (excluding diaryl/α,β-unsaturated/α-hetero) is 1. The van der Waals surface area contributed by atoms with Crippen LogP contribution in [0.25, 0.3) is 0 Å². The zero-order valence-electron chi connectivity index (χ0n) is 13.1. The number of hydrogen-bond donors (Lipinski definition) is 1. The molecule has 1 atom stereocenters. The van der Waals surface area contributed by atoms with Crippen molar-refractivity contribution in [3.8, 4) is 11.8 Å². The molecule has 122 valence electrons. The number of ether oxygens (including phenoxy) is 1. The molecule has 1 N–H and O–H groups in total.